The summed E-state index contributed by atoms with van der Waals surface area (Å²) in [6.07, 6.45) is 7.09. The summed E-state index contributed by atoms with van der Waals surface area (Å²) in [5.74, 6) is 0.195. The van der Waals surface area contributed by atoms with Gasteiger partial charge in [0.25, 0.3) is 5.91 Å². The Hall–Kier alpha value is -2.53. The molecule has 5 heteroatoms. The van der Waals surface area contributed by atoms with Crippen LogP contribution in [0.1, 0.15) is 36.2 Å². The van der Waals surface area contributed by atoms with Gasteiger partial charge in [0.2, 0.25) is 0 Å². The number of fused-ring (bicyclic) bond motifs is 1. The van der Waals surface area contributed by atoms with Gasteiger partial charge in [0, 0.05) is 23.0 Å². The Kier molecular flexibility index (Phi) is 3.86. The molecule has 0 unspecified atom stereocenters. The molecule has 1 saturated carbocycles. The van der Waals surface area contributed by atoms with Gasteiger partial charge in [-0.2, -0.15) is 0 Å². The number of carbonyl (C=O) groups is 1. The lowest BCUT2D eigenvalue weighted by Gasteiger charge is -2.26. The molecular formula is C19H20N2O3. The van der Waals surface area contributed by atoms with E-state index in [9.17, 15) is 4.79 Å². The highest BCUT2D eigenvalue weighted by Crippen LogP contribution is 2.27. The smallest absolute Gasteiger partial charge is 0.287 e. The molecule has 3 N–H and O–H groups in total. The van der Waals surface area contributed by atoms with E-state index >= 15 is 0 Å². The summed E-state index contributed by atoms with van der Waals surface area (Å²) in [5, 5.41) is 3.97. The first kappa shape index (κ1) is 15.0. The van der Waals surface area contributed by atoms with Crippen LogP contribution in [0.4, 0.5) is 0 Å². The predicted molar refractivity (Wildman–Crippen MR) is 91.6 cm³/mol. The van der Waals surface area contributed by atoms with Gasteiger partial charge < -0.3 is 19.9 Å². The highest BCUT2D eigenvalue weighted by atomic mass is 16.3. The van der Waals surface area contributed by atoms with Crippen LogP contribution in [0.2, 0.25) is 0 Å². The summed E-state index contributed by atoms with van der Waals surface area (Å²) in [6, 6.07) is 10.0. The zero-order valence-electron chi connectivity index (χ0n) is 13.3. The third-order valence-corrected chi connectivity index (χ3v) is 4.71. The van der Waals surface area contributed by atoms with Crippen molar-refractivity contribution in [3.63, 3.8) is 0 Å². The van der Waals surface area contributed by atoms with Crippen molar-refractivity contribution >= 4 is 16.9 Å². The molecular weight excluding hydrogens is 304 g/mol. The van der Waals surface area contributed by atoms with Crippen LogP contribution < -0.4 is 11.1 Å². The van der Waals surface area contributed by atoms with Crippen molar-refractivity contribution < 1.29 is 13.6 Å². The number of carbonyl (C=O) groups excluding carboxylic acids is 1. The maximum Gasteiger partial charge on any atom is 0.287 e. The largest absolute Gasteiger partial charge is 0.472 e. The second kappa shape index (κ2) is 6.17. The van der Waals surface area contributed by atoms with Crippen molar-refractivity contribution in [3.8, 4) is 11.1 Å². The van der Waals surface area contributed by atoms with Gasteiger partial charge in [-0.1, -0.05) is 12.1 Å². The van der Waals surface area contributed by atoms with E-state index in [-0.39, 0.29) is 18.0 Å². The zero-order valence-corrected chi connectivity index (χ0v) is 13.3. The SMILES string of the molecule is NC1CCC(NC(=O)c2cc3ccc(-c4ccoc4)cc3o2)CC1. The second-order valence-corrected chi connectivity index (χ2v) is 6.46. The number of nitrogens with two attached hydrogens (primary N) is 1. The molecule has 1 amide bonds. The van der Waals surface area contributed by atoms with Crippen LogP contribution in [0.25, 0.3) is 22.1 Å². The van der Waals surface area contributed by atoms with E-state index < -0.39 is 0 Å². The number of rotatable bonds is 3. The van der Waals surface area contributed by atoms with Crippen LogP contribution in [-0.2, 0) is 0 Å². The molecule has 24 heavy (non-hydrogen) atoms. The Balaban J connectivity index is 1.53. The summed E-state index contributed by atoms with van der Waals surface area (Å²) >= 11 is 0. The van der Waals surface area contributed by atoms with Crippen LogP contribution in [-0.4, -0.2) is 18.0 Å². The minimum Gasteiger partial charge on any atom is -0.472 e. The van der Waals surface area contributed by atoms with Crippen molar-refractivity contribution in [3.05, 3.63) is 48.6 Å². The molecule has 0 aliphatic heterocycles. The standard InChI is InChI=1S/C19H20N2O3/c20-15-3-5-16(6-4-15)21-19(22)18-10-13-2-1-12(9-17(13)24-18)14-7-8-23-11-14/h1-2,7-11,15-16H,3-6,20H2,(H,21,22). The first-order valence-electron chi connectivity index (χ1n) is 8.31. The fraction of sp³-hybridized carbons (Fsp3) is 0.316. The van der Waals surface area contributed by atoms with Crippen molar-refractivity contribution in [1.29, 1.82) is 0 Å². The van der Waals surface area contributed by atoms with Gasteiger partial charge in [0.15, 0.2) is 5.76 Å². The first-order valence-corrected chi connectivity index (χ1v) is 8.31. The molecule has 3 aromatic rings. The zero-order chi connectivity index (χ0) is 16.5. The van der Waals surface area contributed by atoms with E-state index in [2.05, 4.69) is 5.32 Å². The van der Waals surface area contributed by atoms with Gasteiger partial charge in [-0.05, 0) is 49.4 Å². The molecule has 1 aromatic carbocycles. The molecule has 2 aromatic heterocycles. The topological polar surface area (TPSA) is 81.4 Å². The normalized spacial score (nSPS) is 21.0. The first-order chi connectivity index (χ1) is 11.7. The lowest BCUT2D eigenvalue weighted by Crippen LogP contribution is -2.40. The fourth-order valence-electron chi connectivity index (χ4n) is 3.27. The van der Waals surface area contributed by atoms with Gasteiger partial charge in [-0.3, -0.25) is 4.79 Å². The van der Waals surface area contributed by atoms with E-state index in [1.54, 1.807) is 18.6 Å². The molecule has 0 saturated heterocycles. The quantitative estimate of drug-likeness (QED) is 0.770. The van der Waals surface area contributed by atoms with Crippen LogP contribution in [0.15, 0.2) is 51.7 Å². The predicted octanol–water partition coefficient (Wildman–Crippen LogP) is 3.69. The van der Waals surface area contributed by atoms with Gasteiger partial charge in [-0.25, -0.2) is 0 Å². The summed E-state index contributed by atoms with van der Waals surface area (Å²) in [5.41, 5.74) is 8.59. The van der Waals surface area contributed by atoms with E-state index in [4.69, 9.17) is 14.6 Å². The van der Waals surface area contributed by atoms with Crippen LogP contribution >= 0.6 is 0 Å². The lowest BCUT2D eigenvalue weighted by molar-refractivity contribution is 0.0900. The summed E-state index contributed by atoms with van der Waals surface area (Å²) < 4.78 is 10.9. The minimum absolute atomic E-state index is 0.156. The monoisotopic (exact) mass is 324 g/mol. The van der Waals surface area contributed by atoms with Gasteiger partial charge in [-0.15, -0.1) is 0 Å². The Morgan fingerprint density at radius 3 is 2.67 bits per heavy atom. The number of benzene rings is 1. The lowest BCUT2D eigenvalue weighted by atomic mass is 9.92. The van der Waals surface area contributed by atoms with Crippen LogP contribution in [0.5, 0.6) is 0 Å². The minimum atomic E-state index is -0.156. The molecule has 2 heterocycles. The van der Waals surface area contributed by atoms with Gasteiger partial charge in [0.05, 0.1) is 12.5 Å². The van der Waals surface area contributed by atoms with Crippen LogP contribution in [0.3, 0.4) is 0 Å². The van der Waals surface area contributed by atoms with Crippen LogP contribution in [0, 0.1) is 0 Å². The molecule has 1 fully saturated rings. The second-order valence-electron chi connectivity index (χ2n) is 6.46. The van der Waals surface area contributed by atoms with Crippen molar-refractivity contribution in [1.82, 2.24) is 5.32 Å². The molecule has 0 radical (unpaired) electrons. The van der Waals surface area contributed by atoms with Gasteiger partial charge >= 0.3 is 0 Å². The van der Waals surface area contributed by atoms with Crippen molar-refractivity contribution in [2.75, 3.05) is 0 Å². The third kappa shape index (κ3) is 2.95. The number of furan rings is 2. The summed E-state index contributed by atoms with van der Waals surface area (Å²) in [7, 11) is 0. The summed E-state index contributed by atoms with van der Waals surface area (Å²) in [4.78, 5) is 12.4. The molecule has 5 nitrogen and oxygen atoms in total. The van der Waals surface area contributed by atoms with E-state index in [0.29, 0.717) is 11.3 Å². The molecule has 1 aliphatic rings. The Bertz CT molecular complexity index is 843. The van der Waals surface area contributed by atoms with E-state index in [1.165, 1.54) is 0 Å². The number of amides is 1. The molecule has 0 spiro atoms. The number of hydrogen-bond acceptors (Lipinski definition) is 4. The average Bonchev–Trinajstić information content (AvgIpc) is 3.25. The van der Waals surface area contributed by atoms with E-state index in [1.807, 2.05) is 24.3 Å². The molecule has 124 valence electrons. The maximum absolute atomic E-state index is 12.4. The van der Waals surface area contributed by atoms with Gasteiger partial charge in [0.1, 0.15) is 5.58 Å². The third-order valence-electron chi connectivity index (χ3n) is 4.71. The highest BCUT2D eigenvalue weighted by Gasteiger charge is 2.22. The highest BCUT2D eigenvalue weighted by molar-refractivity contribution is 5.97. The Morgan fingerprint density at radius 2 is 1.92 bits per heavy atom. The van der Waals surface area contributed by atoms with Crippen molar-refractivity contribution in [2.45, 2.75) is 37.8 Å². The average molecular weight is 324 g/mol. The molecule has 1 aliphatic carbocycles. The fourth-order valence-corrected chi connectivity index (χ4v) is 3.27. The van der Waals surface area contributed by atoms with E-state index in [0.717, 1.165) is 42.2 Å². The summed E-state index contributed by atoms with van der Waals surface area (Å²) in [6.45, 7) is 0. The number of nitrogens with one attached hydrogen (secondary N) is 1. The molecule has 0 bridgehead atoms. The number of hydrogen-bond donors (Lipinski definition) is 2. The Morgan fingerprint density at radius 1 is 1.08 bits per heavy atom. The Labute approximate surface area is 139 Å². The molecule has 4 rings (SSSR count). The maximum atomic E-state index is 12.4. The molecule has 0 atom stereocenters. The van der Waals surface area contributed by atoms with Crippen molar-refractivity contribution in [2.24, 2.45) is 5.73 Å².